The molecule has 2 heterocycles. The maximum atomic E-state index is 14.0. The molecule has 3 aromatic rings. The molecule has 0 fully saturated rings. The summed E-state index contributed by atoms with van der Waals surface area (Å²) in [5, 5.41) is 9.85. The topological polar surface area (TPSA) is 54.5 Å². The molecule has 0 aliphatic heterocycles. The van der Waals surface area contributed by atoms with E-state index in [2.05, 4.69) is 16.0 Å². The Balaban J connectivity index is 2.35. The highest BCUT2D eigenvalue weighted by atomic mass is 19.1. The number of rotatable bonds is 2. The molecule has 5 heteroatoms. The summed E-state index contributed by atoms with van der Waals surface area (Å²) >= 11 is 0. The second kappa shape index (κ2) is 4.98. The molecular weight excluding hydrogens is 267 g/mol. The predicted molar refractivity (Wildman–Crippen MR) is 77.7 cm³/mol. The van der Waals surface area contributed by atoms with Gasteiger partial charge in [-0.2, -0.15) is 5.26 Å². The Kier molecular flexibility index (Phi) is 3.15. The number of fused-ring (bicyclic) bond motifs is 1. The molecule has 0 amide bonds. The Morgan fingerprint density at radius 3 is 2.86 bits per heavy atom. The van der Waals surface area contributed by atoms with Gasteiger partial charge in [0.1, 0.15) is 23.5 Å². The zero-order chi connectivity index (χ0) is 15.0. The highest BCUT2D eigenvalue weighted by molar-refractivity contribution is 5.88. The van der Waals surface area contributed by atoms with Gasteiger partial charge in [-0.1, -0.05) is 6.92 Å². The molecule has 0 spiro atoms. The number of aryl methyl sites for hydroxylation is 2. The maximum absolute atomic E-state index is 14.0. The van der Waals surface area contributed by atoms with E-state index in [0.29, 0.717) is 34.6 Å². The van der Waals surface area contributed by atoms with E-state index in [9.17, 15) is 9.65 Å². The van der Waals surface area contributed by atoms with Crippen molar-refractivity contribution in [1.82, 2.24) is 14.5 Å². The third-order valence-electron chi connectivity index (χ3n) is 3.48. The fraction of sp³-hybridized carbons (Fsp3) is 0.188. The van der Waals surface area contributed by atoms with Crippen LogP contribution in [-0.2, 0) is 6.42 Å². The Morgan fingerprint density at radius 2 is 2.19 bits per heavy atom. The molecule has 4 nitrogen and oxygen atoms in total. The van der Waals surface area contributed by atoms with Crippen molar-refractivity contribution in [3.63, 3.8) is 0 Å². The zero-order valence-corrected chi connectivity index (χ0v) is 11.8. The molecular formula is C16H13FN4. The lowest BCUT2D eigenvalue weighted by Crippen LogP contribution is -1.99. The van der Waals surface area contributed by atoms with E-state index in [-0.39, 0.29) is 5.82 Å². The quantitative estimate of drug-likeness (QED) is 0.723. The van der Waals surface area contributed by atoms with Crippen molar-refractivity contribution < 1.29 is 4.39 Å². The first-order valence-corrected chi connectivity index (χ1v) is 6.67. The molecule has 1 aromatic carbocycles. The lowest BCUT2D eigenvalue weighted by Gasteiger charge is -2.06. The van der Waals surface area contributed by atoms with Crippen LogP contribution in [-0.4, -0.2) is 14.5 Å². The summed E-state index contributed by atoms with van der Waals surface area (Å²) in [7, 11) is 0. The van der Waals surface area contributed by atoms with E-state index in [4.69, 9.17) is 0 Å². The molecule has 104 valence electrons. The molecule has 3 rings (SSSR count). The van der Waals surface area contributed by atoms with E-state index in [0.717, 1.165) is 5.52 Å². The van der Waals surface area contributed by atoms with Crippen LogP contribution < -0.4 is 0 Å². The summed E-state index contributed by atoms with van der Waals surface area (Å²) in [6, 6.07) is 7.08. The van der Waals surface area contributed by atoms with Crippen molar-refractivity contribution in [3.8, 4) is 11.9 Å². The van der Waals surface area contributed by atoms with Gasteiger partial charge in [0, 0.05) is 17.8 Å². The van der Waals surface area contributed by atoms with Gasteiger partial charge in [-0.25, -0.2) is 14.4 Å². The molecule has 0 atom stereocenters. The molecule has 0 aliphatic rings. The number of aromatic nitrogens is 3. The Bertz CT molecular complexity index is 874. The predicted octanol–water partition coefficient (Wildman–Crippen LogP) is 3.30. The lowest BCUT2D eigenvalue weighted by atomic mass is 10.1. The monoisotopic (exact) mass is 280 g/mol. The summed E-state index contributed by atoms with van der Waals surface area (Å²) in [4.78, 5) is 8.44. The Labute approximate surface area is 121 Å². The van der Waals surface area contributed by atoms with Gasteiger partial charge >= 0.3 is 0 Å². The van der Waals surface area contributed by atoms with Crippen LogP contribution >= 0.6 is 0 Å². The molecule has 0 saturated heterocycles. The summed E-state index contributed by atoms with van der Waals surface area (Å²) in [5.74, 6) is 1.03. The minimum atomic E-state index is -0.280. The van der Waals surface area contributed by atoms with Crippen molar-refractivity contribution in [1.29, 1.82) is 5.26 Å². The van der Waals surface area contributed by atoms with Crippen LogP contribution in [0.4, 0.5) is 4.39 Å². The van der Waals surface area contributed by atoms with Gasteiger partial charge in [0.05, 0.1) is 11.1 Å². The number of nitriles is 1. The van der Waals surface area contributed by atoms with Crippen LogP contribution in [0.1, 0.15) is 23.9 Å². The fourth-order valence-electron chi connectivity index (χ4n) is 2.42. The summed E-state index contributed by atoms with van der Waals surface area (Å²) in [5.41, 5.74) is 1.84. The third kappa shape index (κ3) is 2.15. The molecule has 0 saturated carbocycles. The van der Waals surface area contributed by atoms with Gasteiger partial charge < -0.3 is 0 Å². The first kappa shape index (κ1) is 13.3. The average molecular weight is 280 g/mol. The number of nitrogens with zero attached hydrogens (tertiary/aromatic N) is 4. The SMILES string of the molecule is CCc1cc2c(cc1F)c(C#N)cn2-c1ccnc(C)n1. The van der Waals surface area contributed by atoms with Crippen LogP contribution in [0.15, 0.2) is 30.6 Å². The molecule has 0 N–H and O–H groups in total. The van der Waals surface area contributed by atoms with Crippen molar-refractivity contribution in [2.45, 2.75) is 20.3 Å². The van der Waals surface area contributed by atoms with Gasteiger partial charge in [-0.15, -0.1) is 0 Å². The molecule has 0 unspecified atom stereocenters. The van der Waals surface area contributed by atoms with Gasteiger partial charge in [0.2, 0.25) is 0 Å². The van der Waals surface area contributed by atoms with Crippen molar-refractivity contribution in [3.05, 3.63) is 53.4 Å². The molecule has 0 bridgehead atoms. The highest BCUT2D eigenvalue weighted by Crippen LogP contribution is 2.27. The van der Waals surface area contributed by atoms with Gasteiger partial charge in [-0.3, -0.25) is 4.57 Å². The van der Waals surface area contributed by atoms with Crippen molar-refractivity contribution >= 4 is 10.9 Å². The third-order valence-corrected chi connectivity index (χ3v) is 3.48. The number of hydrogen-bond donors (Lipinski definition) is 0. The normalized spacial score (nSPS) is 10.8. The molecule has 0 aliphatic carbocycles. The molecule has 21 heavy (non-hydrogen) atoms. The van der Waals surface area contributed by atoms with E-state index in [1.165, 1.54) is 6.07 Å². The van der Waals surface area contributed by atoms with E-state index < -0.39 is 0 Å². The smallest absolute Gasteiger partial charge is 0.140 e. The van der Waals surface area contributed by atoms with Crippen LogP contribution in [0.3, 0.4) is 0 Å². The Morgan fingerprint density at radius 1 is 1.38 bits per heavy atom. The minimum Gasteiger partial charge on any atom is -0.300 e. The largest absolute Gasteiger partial charge is 0.300 e. The van der Waals surface area contributed by atoms with E-state index in [1.807, 2.05) is 6.92 Å². The van der Waals surface area contributed by atoms with Crippen molar-refractivity contribution in [2.24, 2.45) is 0 Å². The van der Waals surface area contributed by atoms with Gasteiger partial charge in [0.25, 0.3) is 0 Å². The number of halogens is 1. The van der Waals surface area contributed by atoms with Crippen molar-refractivity contribution in [2.75, 3.05) is 0 Å². The van der Waals surface area contributed by atoms with Gasteiger partial charge in [0.15, 0.2) is 0 Å². The second-order valence-corrected chi connectivity index (χ2v) is 4.80. The molecule has 2 aromatic heterocycles. The van der Waals surface area contributed by atoms with Gasteiger partial charge in [-0.05, 0) is 37.1 Å². The molecule has 0 radical (unpaired) electrons. The first-order valence-electron chi connectivity index (χ1n) is 6.67. The number of benzene rings is 1. The fourth-order valence-corrected chi connectivity index (χ4v) is 2.42. The van der Waals surface area contributed by atoms with E-state index >= 15 is 0 Å². The standard InChI is InChI=1S/C16H13FN4/c1-3-11-6-15-13(7-14(11)17)12(8-18)9-21(15)16-4-5-19-10(2)20-16/h4-7,9H,3H2,1-2H3. The minimum absolute atomic E-state index is 0.280. The van der Waals surface area contributed by atoms with E-state index in [1.54, 1.807) is 36.0 Å². The van der Waals surface area contributed by atoms with Crippen LogP contribution in [0, 0.1) is 24.1 Å². The van der Waals surface area contributed by atoms with Crippen LogP contribution in [0.2, 0.25) is 0 Å². The summed E-state index contributed by atoms with van der Waals surface area (Å²) in [6.45, 7) is 3.70. The summed E-state index contributed by atoms with van der Waals surface area (Å²) < 4.78 is 15.8. The first-order chi connectivity index (χ1) is 10.1. The maximum Gasteiger partial charge on any atom is 0.140 e. The zero-order valence-electron chi connectivity index (χ0n) is 11.8. The lowest BCUT2D eigenvalue weighted by molar-refractivity contribution is 0.614. The van der Waals surface area contributed by atoms with Crippen LogP contribution in [0.5, 0.6) is 0 Å². The summed E-state index contributed by atoms with van der Waals surface area (Å²) in [6.07, 6.45) is 3.95. The Hall–Kier alpha value is -2.74. The number of hydrogen-bond acceptors (Lipinski definition) is 3. The average Bonchev–Trinajstić information content (AvgIpc) is 2.84. The second-order valence-electron chi connectivity index (χ2n) is 4.80. The van der Waals surface area contributed by atoms with Crippen LogP contribution in [0.25, 0.3) is 16.7 Å². The highest BCUT2D eigenvalue weighted by Gasteiger charge is 2.14.